The normalized spacial score (nSPS) is 11.2. The minimum atomic E-state index is -3.83. The molecule has 23 heavy (non-hydrogen) atoms. The van der Waals surface area contributed by atoms with Crippen molar-refractivity contribution < 1.29 is 13.2 Å². The highest BCUT2D eigenvalue weighted by Crippen LogP contribution is 2.25. The largest absolute Gasteiger partial charge is 0.355 e. The standard InChI is InChI=1S/C15H19N3O3S2/c1-2-3-9-16-14(19)12-18(15-17-10-11-22-15)23(20,21)13-7-5-4-6-8-13/h4-8,10-11H,2-3,9,12H2,1H3,(H,16,19). The molecule has 0 aliphatic rings. The van der Waals surface area contributed by atoms with Crippen molar-refractivity contribution in [3.63, 3.8) is 0 Å². The van der Waals surface area contributed by atoms with Gasteiger partial charge in [-0.1, -0.05) is 31.5 Å². The van der Waals surface area contributed by atoms with Crippen molar-refractivity contribution in [3.05, 3.63) is 41.9 Å². The molecule has 0 saturated carbocycles. The smallest absolute Gasteiger partial charge is 0.266 e. The third kappa shape index (κ3) is 4.52. The second-order valence-corrected chi connectivity index (χ2v) is 7.58. The maximum absolute atomic E-state index is 12.8. The Balaban J connectivity index is 2.24. The number of hydrogen-bond donors (Lipinski definition) is 1. The van der Waals surface area contributed by atoms with Crippen molar-refractivity contribution in [1.82, 2.24) is 10.3 Å². The van der Waals surface area contributed by atoms with Crippen molar-refractivity contribution in [2.24, 2.45) is 0 Å². The van der Waals surface area contributed by atoms with E-state index in [4.69, 9.17) is 0 Å². The quantitative estimate of drug-likeness (QED) is 0.738. The van der Waals surface area contributed by atoms with Gasteiger partial charge < -0.3 is 5.32 Å². The fourth-order valence-corrected chi connectivity index (χ4v) is 4.17. The number of benzene rings is 1. The molecule has 0 saturated heterocycles. The van der Waals surface area contributed by atoms with Gasteiger partial charge in [-0.2, -0.15) is 0 Å². The van der Waals surface area contributed by atoms with Crippen molar-refractivity contribution in [2.75, 3.05) is 17.4 Å². The molecule has 1 N–H and O–H groups in total. The van der Waals surface area contributed by atoms with Crippen LogP contribution in [0.25, 0.3) is 0 Å². The van der Waals surface area contributed by atoms with Crippen LogP contribution in [0.3, 0.4) is 0 Å². The lowest BCUT2D eigenvalue weighted by Crippen LogP contribution is -2.41. The number of amides is 1. The summed E-state index contributed by atoms with van der Waals surface area (Å²) in [6.45, 7) is 2.27. The van der Waals surface area contributed by atoms with Gasteiger partial charge in [-0.15, -0.1) is 11.3 Å². The summed E-state index contributed by atoms with van der Waals surface area (Å²) in [5, 5.41) is 4.69. The highest BCUT2D eigenvalue weighted by Gasteiger charge is 2.28. The van der Waals surface area contributed by atoms with Crippen LogP contribution < -0.4 is 9.62 Å². The summed E-state index contributed by atoms with van der Waals surface area (Å²) in [7, 11) is -3.83. The fraction of sp³-hybridized carbons (Fsp3) is 0.333. The number of sulfonamides is 1. The molecule has 0 atom stereocenters. The van der Waals surface area contributed by atoms with Crippen molar-refractivity contribution >= 4 is 32.4 Å². The molecule has 0 radical (unpaired) electrons. The maximum Gasteiger partial charge on any atom is 0.266 e. The summed E-state index contributed by atoms with van der Waals surface area (Å²) in [5.41, 5.74) is 0. The Morgan fingerprint density at radius 2 is 2.04 bits per heavy atom. The number of carbonyl (C=O) groups excluding carboxylic acids is 1. The topological polar surface area (TPSA) is 79.4 Å². The Hall–Kier alpha value is -1.93. The van der Waals surface area contributed by atoms with E-state index < -0.39 is 10.0 Å². The lowest BCUT2D eigenvalue weighted by atomic mass is 10.3. The Morgan fingerprint density at radius 3 is 2.65 bits per heavy atom. The third-order valence-electron chi connectivity index (χ3n) is 3.10. The van der Waals surface area contributed by atoms with Crippen LogP contribution in [0.5, 0.6) is 0 Å². The van der Waals surface area contributed by atoms with Gasteiger partial charge in [0.15, 0.2) is 5.13 Å². The number of unbranched alkanes of at least 4 members (excludes halogenated alkanes) is 1. The van der Waals surface area contributed by atoms with E-state index >= 15 is 0 Å². The molecule has 2 rings (SSSR count). The number of nitrogens with one attached hydrogen (secondary N) is 1. The number of aromatic nitrogens is 1. The summed E-state index contributed by atoms with van der Waals surface area (Å²) in [6.07, 6.45) is 3.33. The molecule has 0 unspecified atom stereocenters. The van der Waals surface area contributed by atoms with E-state index in [1.54, 1.807) is 23.6 Å². The van der Waals surface area contributed by atoms with Crippen LogP contribution in [-0.2, 0) is 14.8 Å². The summed E-state index contributed by atoms with van der Waals surface area (Å²) in [5.74, 6) is -0.340. The average Bonchev–Trinajstić information content (AvgIpc) is 3.07. The number of carbonyl (C=O) groups is 1. The zero-order valence-electron chi connectivity index (χ0n) is 12.8. The van der Waals surface area contributed by atoms with Crippen LogP contribution in [0.1, 0.15) is 19.8 Å². The minimum Gasteiger partial charge on any atom is -0.355 e. The first-order valence-electron chi connectivity index (χ1n) is 7.29. The average molecular weight is 353 g/mol. The number of nitrogens with zero attached hydrogens (tertiary/aromatic N) is 2. The van der Waals surface area contributed by atoms with Gasteiger partial charge in [0.25, 0.3) is 10.0 Å². The summed E-state index contributed by atoms with van der Waals surface area (Å²) in [6, 6.07) is 8.04. The Bertz CT molecular complexity index is 716. The zero-order chi connectivity index (χ0) is 16.7. The Labute approximate surface area is 140 Å². The van der Waals surface area contributed by atoms with E-state index in [1.165, 1.54) is 29.7 Å². The van der Waals surface area contributed by atoms with Crippen LogP contribution >= 0.6 is 11.3 Å². The molecule has 1 aromatic heterocycles. The van der Waals surface area contributed by atoms with Crippen molar-refractivity contribution in [3.8, 4) is 0 Å². The van der Waals surface area contributed by atoms with Crippen LogP contribution in [0, 0.1) is 0 Å². The monoisotopic (exact) mass is 353 g/mol. The molecule has 0 aliphatic heterocycles. The molecule has 1 aromatic carbocycles. The lowest BCUT2D eigenvalue weighted by molar-refractivity contribution is -0.119. The van der Waals surface area contributed by atoms with Gasteiger partial charge >= 0.3 is 0 Å². The van der Waals surface area contributed by atoms with Gasteiger partial charge in [0.2, 0.25) is 5.91 Å². The van der Waals surface area contributed by atoms with Gasteiger partial charge in [-0.25, -0.2) is 17.7 Å². The highest BCUT2D eigenvalue weighted by molar-refractivity contribution is 7.93. The van der Waals surface area contributed by atoms with E-state index in [0.717, 1.165) is 17.1 Å². The number of thiazole rings is 1. The molecule has 2 aromatic rings. The fourth-order valence-electron chi connectivity index (χ4n) is 1.91. The Kier molecular flexibility index (Phi) is 6.12. The first-order valence-corrected chi connectivity index (χ1v) is 9.61. The lowest BCUT2D eigenvalue weighted by Gasteiger charge is -2.21. The predicted octanol–water partition coefficient (Wildman–Crippen LogP) is 2.25. The van der Waals surface area contributed by atoms with Gasteiger partial charge in [-0.3, -0.25) is 4.79 Å². The molecule has 0 bridgehead atoms. The molecule has 124 valence electrons. The summed E-state index contributed by atoms with van der Waals surface area (Å²) >= 11 is 1.18. The van der Waals surface area contributed by atoms with Crippen LogP contribution in [-0.4, -0.2) is 32.4 Å². The second kappa shape index (κ2) is 8.07. The Morgan fingerprint density at radius 1 is 1.30 bits per heavy atom. The van der Waals surface area contributed by atoms with Crippen LogP contribution in [0.4, 0.5) is 5.13 Å². The molecule has 0 aliphatic carbocycles. The van der Waals surface area contributed by atoms with Crippen LogP contribution in [0.2, 0.25) is 0 Å². The molecular weight excluding hydrogens is 334 g/mol. The molecule has 1 heterocycles. The van der Waals surface area contributed by atoms with Gasteiger partial charge in [0, 0.05) is 18.1 Å². The van der Waals surface area contributed by atoms with Crippen molar-refractivity contribution in [1.29, 1.82) is 0 Å². The summed E-state index contributed by atoms with van der Waals surface area (Å²) < 4.78 is 26.7. The molecule has 1 amide bonds. The maximum atomic E-state index is 12.8. The number of anilines is 1. The van der Waals surface area contributed by atoms with E-state index in [0.29, 0.717) is 6.54 Å². The van der Waals surface area contributed by atoms with E-state index in [9.17, 15) is 13.2 Å². The highest BCUT2D eigenvalue weighted by atomic mass is 32.2. The predicted molar refractivity (Wildman–Crippen MR) is 91.0 cm³/mol. The SMILES string of the molecule is CCCCNC(=O)CN(c1nccs1)S(=O)(=O)c1ccccc1. The molecule has 6 nitrogen and oxygen atoms in total. The molecule has 8 heteroatoms. The van der Waals surface area contributed by atoms with Gasteiger partial charge in [0.1, 0.15) is 6.54 Å². The van der Waals surface area contributed by atoms with E-state index in [-0.39, 0.29) is 22.5 Å². The zero-order valence-corrected chi connectivity index (χ0v) is 14.4. The first kappa shape index (κ1) is 17.4. The molecule has 0 fully saturated rings. The molecular formula is C15H19N3O3S2. The number of rotatable bonds is 8. The third-order valence-corrected chi connectivity index (χ3v) is 5.76. The van der Waals surface area contributed by atoms with Gasteiger partial charge in [0.05, 0.1) is 4.90 Å². The number of hydrogen-bond acceptors (Lipinski definition) is 5. The van der Waals surface area contributed by atoms with Crippen LogP contribution in [0.15, 0.2) is 46.8 Å². The van der Waals surface area contributed by atoms with Crippen molar-refractivity contribution in [2.45, 2.75) is 24.7 Å². The summed E-state index contributed by atoms with van der Waals surface area (Å²) in [4.78, 5) is 16.2. The van der Waals surface area contributed by atoms with Gasteiger partial charge in [-0.05, 0) is 18.6 Å². The van der Waals surface area contributed by atoms with E-state index in [1.807, 2.05) is 6.92 Å². The molecule has 0 spiro atoms. The first-order chi connectivity index (χ1) is 11.1. The second-order valence-electron chi connectivity index (χ2n) is 4.84. The minimum absolute atomic E-state index is 0.136. The van der Waals surface area contributed by atoms with E-state index in [2.05, 4.69) is 10.3 Å².